The zero-order valence-electron chi connectivity index (χ0n) is 10.2. The fraction of sp³-hybridized carbons (Fsp3) is 0.0714. The Labute approximate surface area is 125 Å². The first-order valence-corrected chi connectivity index (χ1v) is 6.39. The summed E-state index contributed by atoms with van der Waals surface area (Å²) in [7, 11) is 0. The highest BCUT2D eigenvalue weighted by molar-refractivity contribution is 6.35. The van der Waals surface area contributed by atoms with Gasteiger partial charge in [0.2, 0.25) is 0 Å². The van der Waals surface area contributed by atoms with E-state index in [-0.39, 0.29) is 17.9 Å². The largest absolute Gasteiger partial charge is 0.457 e. The monoisotopic (exact) mass is 313 g/mol. The molecule has 0 fully saturated rings. The van der Waals surface area contributed by atoms with Gasteiger partial charge in [0.05, 0.1) is 5.56 Å². The first kappa shape index (κ1) is 14.6. The number of hydrogen-bond acceptors (Lipinski definition) is 3. The lowest BCUT2D eigenvalue weighted by molar-refractivity contribution is 0.0467. The van der Waals surface area contributed by atoms with Crippen molar-refractivity contribution in [3.63, 3.8) is 0 Å². The topological polar surface area (TPSA) is 52.3 Å². The summed E-state index contributed by atoms with van der Waals surface area (Å²) in [6, 6.07) is 8.49. The van der Waals surface area contributed by atoms with Gasteiger partial charge in [-0.25, -0.2) is 9.18 Å². The molecule has 6 heteroatoms. The van der Waals surface area contributed by atoms with Gasteiger partial charge in [-0.2, -0.15) is 0 Å². The molecule has 0 saturated carbocycles. The molecule has 2 N–H and O–H groups in total. The lowest BCUT2D eigenvalue weighted by Crippen LogP contribution is -2.08. The van der Waals surface area contributed by atoms with Crippen LogP contribution in [-0.4, -0.2) is 5.97 Å². The number of hydrogen-bond donors (Lipinski definition) is 1. The number of nitrogen functional groups attached to an aromatic ring is 1. The van der Waals surface area contributed by atoms with Crippen molar-refractivity contribution in [3.05, 3.63) is 63.4 Å². The summed E-state index contributed by atoms with van der Waals surface area (Å²) >= 11 is 11.7. The summed E-state index contributed by atoms with van der Waals surface area (Å²) in [5.74, 6) is -1.49. The molecule has 0 heterocycles. The molecular weight excluding hydrogens is 304 g/mol. The number of nitrogens with two attached hydrogens (primary N) is 1. The lowest BCUT2D eigenvalue weighted by atomic mass is 10.2. The molecule has 0 aliphatic rings. The van der Waals surface area contributed by atoms with Crippen molar-refractivity contribution in [3.8, 4) is 0 Å². The maximum atomic E-state index is 13.5. The molecule has 0 radical (unpaired) electrons. The summed E-state index contributed by atoms with van der Waals surface area (Å²) < 4.78 is 18.5. The second kappa shape index (κ2) is 6.11. The fourth-order valence-electron chi connectivity index (χ4n) is 1.56. The van der Waals surface area contributed by atoms with Crippen LogP contribution in [0.25, 0.3) is 0 Å². The summed E-state index contributed by atoms with van der Waals surface area (Å²) in [6.45, 7) is -0.0803. The molecule has 2 aromatic carbocycles. The summed E-state index contributed by atoms with van der Waals surface area (Å²) in [5, 5.41) is 0.852. The molecule has 2 rings (SSSR count). The minimum Gasteiger partial charge on any atom is -0.457 e. The molecule has 0 unspecified atom stereocenters. The zero-order valence-corrected chi connectivity index (χ0v) is 11.7. The quantitative estimate of drug-likeness (QED) is 0.686. The second-order valence-electron chi connectivity index (χ2n) is 4.05. The van der Waals surface area contributed by atoms with Crippen molar-refractivity contribution in [1.29, 1.82) is 0 Å². The van der Waals surface area contributed by atoms with E-state index in [1.165, 1.54) is 18.2 Å². The van der Waals surface area contributed by atoms with Crippen LogP contribution in [0, 0.1) is 5.82 Å². The Kier molecular flexibility index (Phi) is 4.47. The van der Waals surface area contributed by atoms with E-state index >= 15 is 0 Å². The molecule has 0 bridgehead atoms. The van der Waals surface area contributed by atoms with Gasteiger partial charge < -0.3 is 10.5 Å². The standard InChI is InChI=1S/C14H10Cl2FNO2/c15-9-2-1-8(12(16)5-9)7-20-14(19)11-6-10(18)3-4-13(11)17/h1-6H,7,18H2. The molecule has 0 atom stereocenters. The van der Waals surface area contributed by atoms with Gasteiger partial charge in [-0.05, 0) is 30.3 Å². The van der Waals surface area contributed by atoms with Crippen LogP contribution >= 0.6 is 23.2 Å². The Morgan fingerprint density at radius 3 is 2.65 bits per heavy atom. The molecule has 0 aromatic heterocycles. The van der Waals surface area contributed by atoms with Gasteiger partial charge in [-0.1, -0.05) is 29.3 Å². The molecule has 2 aromatic rings. The number of carbonyl (C=O) groups excluding carboxylic acids is 1. The van der Waals surface area contributed by atoms with Gasteiger partial charge in [0.15, 0.2) is 0 Å². The third-order valence-electron chi connectivity index (χ3n) is 2.58. The molecule has 20 heavy (non-hydrogen) atoms. The Morgan fingerprint density at radius 1 is 1.20 bits per heavy atom. The van der Waals surface area contributed by atoms with Crippen LogP contribution in [0.4, 0.5) is 10.1 Å². The number of halogens is 3. The molecule has 104 valence electrons. The highest BCUT2D eigenvalue weighted by atomic mass is 35.5. The first-order chi connectivity index (χ1) is 9.47. The van der Waals surface area contributed by atoms with E-state index in [2.05, 4.69) is 0 Å². The van der Waals surface area contributed by atoms with Crippen molar-refractivity contribution >= 4 is 34.9 Å². The maximum Gasteiger partial charge on any atom is 0.341 e. The minimum atomic E-state index is -0.805. The average molecular weight is 314 g/mol. The van der Waals surface area contributed by atoms with Crippen LogP contribution in [0.2, 0.25) is 10.0 Å². The van der Waals surface area contributed by atoms with E-state index in [4.69, 9.17) is 33.7 Å². The maximum absolute atomic E-state index is 13.5. The Balaban J connectivity index is 2.10. The van der Waals surface area contributed by atoms with Crippen molar-refractivity contribution in [2.45, 2.75) is 6.61 Å². The normalized spacial score (nSPS) is 10.3. The van der Waals surface area contributed by atoms with Gasteiger partial charge in [-0.3, -0.25) is 0 Å². The number of carbonyl (C=O) groups is 1. The number of anilines is 1. The Hall–Kier alpha value is -1.78. The summed E-state index contributed by atoms with van der Waals surface area (Å²) in [4.78, 5) is 11.8. The smallest absolute Gasteiger partial charge is 0.341 e. The van der Waals surface area contributed by atoms with Crippen LogP contribution in [0.1, 0.15) is 15.9 Å². The SMILES string of the molecule is Nc1ccc(F)c(C(=O)OCc2ccc(Cl)cc2Cl)c1. The van der Waals surface area contributed by atoms with Crippen LogP contribution in [0.3, 0.4) is 0 Å². The molecule has 0 saturated heterocycles. The van der Waals surface area contributed by atoms with Crippen LogP contribution < -0.4 is 5.73 Å². The van der Waals surface area contributed by atoms with Crippen molar-refractivity contribution in [2.24, 2.45) is 0 Å². The van der Waals surface area contributed by atoms with E-state index in [0.717, 1.165) is 6.07 Å². The third-order valence-corrected chi connectivity index (χ3v) is 3.17. The first-order valence-electron chi connectivity index (χ1n) is 5.63. The summed E-state index contributed by atoms with van der Waals surface area (Å²) in [5.41, 5.74) is 6.15. The van der Waals surface area contributed by atoms with Gasteiger partial charge in [0, 0.05) is 21.3 Å². The van der Waals surface area contributed by atoms with E-state index in [0.29, 0.717) is 15.6 Å². The number of benzene rings is 2. The molecule has 3 nitrogen and oxygen atoms in total. The van der Waals surface area contributed by atoms with Crippen LogP contribution in [-0.2, 0) is 11.3 Å². The minimum absolute atomic E-state index is 0.0803. The van der Waals surface area contributed by atoms with E-state index in [1.54, 1.807) is 12.1 Å². The van der Waals surface area contributed by atoms with Crippen LogP contribution in [0.5, 0.6) is 0 Å². The Morgan fingerprint density at radius 2 is 1.95 bits per heavy atom. The van der Waals surface area contributed by atoms with Gasteiger partial charge in [0.25, 0.3) is 0 Å². The van der Waals surface area contributed by atoms with Crippen LogP contribution in [0.15, 0.2) is 36.4 Å². The lowest BCUT2D eigenvalue weighted by Gasteiger charge is -2.08. The van der Waals surface area contributed by atoms with Gasteiger partial charge in [-0.15, -0.1) is 0 Å². The Bertz CT molecular complexity index is 662. The van der Waals surface area contributed by atoms with Crippen molar-refractivity contribution in [1.82, 2.24) is 0 Å². The van der Waals surface area contributed by atoms with E-state index < -0.39 is 11.8 Å². The number of rotatable bonds is 3. The van der Waals surface area contributed by atoms with E-state index in [9.17, 15) is 9.18 Å². The predicted molar refractivity (Wildman–Crippen MR) is 76.4 cm³/mol. The molecule has 0 amide bonds. The van der Waals surface area contributed by atoms with E-state index in [1.807, 2.05) is 0 Å². The third kappa shape index (κ3) is 3.40. The highest BCUT2D eigenvalue weighted by Crippen LogP contribution is 2.22. The fourth-order valence-corrected chi connectivity index (χ4v) is 2.02. The number of esters is 1. The van der Waals surface area contributed by atoms with Crippen molar-refractivity contribution in [2.75, 3.05) is 5.73 Å². The average Bonchev–Trinajstić information content (AvgIpc) is 2.40. The molecule has 0 spiro atoms. The predicted octanol–water partition coefficient (Wildman–Crippen LogP) is 4.07. The molecule has 0 aliphatic carbocycles. The molecular formula is C14H10Cl2FNO2. The number of ether oxygens (including phenoxy) is 1. The molecule has 0 aliphatic heterocycles. The zero-order chi connectivity index (χ0) is 14.7. The second-order valence-corrected chi connectivity index (χ2v) is 4.89. The van der Waals surface area contributed by atoms with Crippen molar-refractivity contribution < 1.29 is 13.9 Å². The van der Waals surface area contributed by atoms with Gasteiger partial charge >= 0.3 is 5.97 Å². The highest BCUT2D eigenvalue weighted by Gasteiger charge is 2.14. The summed E-state index contributed by atoms with van der Waals surface area (Å²) in [6.07, 6.45) is 0. The van der Waals surface area contributed by atoms with Gasteiger partial charge in [0.1, 0.15) is 12.4 Å².